The Bertz CT molecular complexity index is 303. The van der Waals surface area contributed by atoms with Crippen LogP contribution in [0.25, 0.3) is 0 Å². The molecule has 0 aliphatic heterocycles. The van der Waals surface area contributed by atoms with Gasteiger partial charge in [0.1, 0.15) is 11.9 Å². The van der Waals surface area contributed by atoms with Gasteiger partial charge >= 0.3 is 0 Å². The quantitative estimate of drug-likeness (QED) is 0.583. The topological polar surface area (TPSA) is 23.8 Å². The first-order chi connectivity index (χ1) is 5.27. The molecule has 0 N–H and O–H groups in total. The van der Waals surface area contributed by atoms with Gasteiger partial charge in [0.15, 0.2) is 0 Å². The van der Waals surface area contributed by atoms with Gasteiger partial charge in [0.05, 0.1) is 5.56 Å². The van der Waals surface area contributed by atoms with Crippen molar-refractivity contribution in [1.29, 1.82) is 5.26 Å². The Hall–Kier alpha value is -0.930. The fourth-order valence-corrected chi connectivity index (χ4v) is 1.28. The lowest BCUT2D eigenvalue weighted by molar-refractivity contribution is 0.625. The molecule has 3 heteroatoms. The van der Waals surface area contributed by atoms with Crippen LogP contribution in [0.15, 0.2) is 18.2 Å². The number of hydrogen-bond donors (Lipinski definition) is 0. The van der Waals surface area contributed by atoms with Gasteiger partial charge in [-0.3, -0.25) is 0 Å². The van der Waals surface area contributed by atoms with E-state index in [9.17, 15) is 4.39 Å². The van der Waals surface area contributed by atoms with Crippen LogP contribution in [0.1, 0.15) is 5.56 Å². The monoisotopic (exact) mass is 167 g/mol. The summed E-state index contributed by atoms with van der Waals surface area (Å²) in [6.07, 6.45) is 0. The van der Waals surface area contributed by atoms with E-state index >= 15 is 0 Å². The Morgan fingerprint density at radius 3 is 2.73 bits per heavy atom. The van der Waals surface area contributed by atoms with Crippen molar-refractivity contribution in [2.75, 3.05) is 6.66 Å². The molecular formula is C8H7FNP. The third kappa shape index (κ3) is 1.76. The van der Waals surface area contributed by atoms with Crippen LogP contribution < -0.4 is 5.30 Å². The molecule has 1 nitrogen and oxygen atoms in total. The largest absolute Gasteiger partial charge is 0.206 e. The molecule has 1 atom stereocenters. The smallest absolute Gasteiger partial charge is 0.141 e. The second-order valence-corrected chi connectivity index (χ2v) is 3.13. The van der Waals surface area contributed by atoms with Crippen LogP contribution >= 0.6 is 8.58 Å². The average molecular weight is 167 g/mol. The maximum atomic E-state index is 12.8. The van der Waals surface area contributed by atoms with E-state index in [0.717, 1.165) is 5.30 Å². The molecule has 0 aliphatic carbocycles. The van der Waals surface area contributed by atoms with Crippen LogP contribution in [0, 0.1) is 17.1 Å². The molecule has 0 spiro atoms. The highest BCUT2D eigenvalue weighted by molar-refractivity contribution is 7.46. The summed E-state index contributed by atoms with van der Waals surface area (Å²) in [4.78, 5) is 0. The molecule has 0 fully saturated rings. The van der Waals surface area contributed by atoms with E-state index in [1.54, 1.807) is 12.1 Å². The number of halogens is 1. The summed E-state index contributed by atoms with van der Waals surface area (Å²) >= 11 is 0. The second-order valence-electron chi connectivity index (χ2n) is 2.06. The third-order valence-corrected chi connectivity index (χ3v) is 2.27. The van der Waals surface area contributed by atoms with Gasteiger partial charge in [-0.2, -0.15) is 5.26 Å². The number of hydrogen-bond acceptors (Lipinski definition) is 1. The molecule has 0 aliphatic rings. The summed E-state index contributed by atoms with van der Waals surface area (Å²) in [5.41, 5.74) is 0.118. The minimum absolute atomic E-state index is 0.118. The standard InChI is InChI=1S/C8H7FNP/c1-11-7-3-2-6(5-10)8(9)4-7/h2-4,11H,1H3. The molecule has 0 amide bonds. The summed E-state index contributed by atoms with van der Waals surface area (Å²) in [7, 11) is 0.575. The van der Waals surface area contributed by atoms with E-state index in [2.05, 4.69) is 0 Å². The van der Waals surface area contributed by atoms with Gasteiger partial charge in [-0.25, -0.2) is 4.39 Å². The van der Waals surface area contributed by atoms with Crippen LogP contribution in [0.4, 0.5) is 4.39 Å². The third-order valence-electron chi connectivity index (χ3n) is 1.38. The lowest BCUT2D eigenvalue weighted by Gasteiger charge is -1.96. The normalized spacial score (nSPS) is 10.3. The minimum atomic E-state index is -0.417. The highest BCUT2D eigenvalue weighted by Crippen LogP contribution is 2.08. The molecule has 1 aromatic rings. The molecule has 56 valence electrons. The summed E-state index contributed by atoms with van der Waals surface area (Å²) in [6.45, 7) is 1.97. The first kappa shape index (κ1) is 8.17. The Balaban J connectivity index is 3.12. The molecule has 0 bridgehead atoms. The van der Waals surface area contributed by atoms with Crippen molar-refractivity contribution in [2.45, 2.75) is 0 Å². The molecular weight excluding hydrogens is 160 g/mol. The van der Waals surface area contributed by atoms with Crippen molar-refractivity contribution < 1.29 is 4.39 Å². The molecule has 0 aromatic heterocycles. The lowest BCUT2D eigenvalue weighted by Crippen LogP contribution is -1.96. The summed E-state index contributed by atoms with van der Waals surface area (Å²) in [5.74, 6) is -0.417. The van der Waals surface area contributed by atoms with Crippen molar-refractivity contribution in [1.82, 2.24) is 0 Å². The number of rotatable bonds is 1. The predicted octanol–water partition coefficient (Wildman–Crippen LogP) is 1.63. The maximum Gasteiger partial charge on any atom is 0.141 e. The zero-order chi connectivity index (χ0) is 8.27. The van der Waals surface area contributed by atoms with Crippen molar-refractivity contribution >= 4 is 13.9 Å². The van der Waals surface area contributed by atoms with Gasteiger partial charge in [0.2, 0.25) is 0 Å². The van der Waals surface area contributed by atoms with E-state index in [4.69, 9.17) is 5.26 Å². The molecule has 1 unspecified atom stereocenters. The molecule has 11 heavy (non-hydrogen) atoms. The van der Waals surface area contributed by atoms with Crippen molar-refractivity contribution in [3.05, 3.63) is 29.6 Å². The number of nitriles is 1. The zero-order valence-electron chi connectivity index (χ0n) is 6.06. The van der Waals surface area contributed by atoms with Crippen molar-refractivity contribution in [3.63, 3.8) is 0 Å². The van der Waals surface area contributed by atoms with Gasteiger partial charge in [-0.1, -0.05) is 14.6 Å². The molecule has 0 saturated heterocycles. The Labute approximate surface area is 66.6 Å². The summed E-state index contributed by atoms with van der Waals surface area (Å²) < 4.78 is 12.8. The molecule has 0 radical (unpaired) electrons. The van der Waals surface area contributed by atoms with Gasteiger partial charge in [0, 0.05) is 0 Å². The van der Waals surface area contributed by atoms with Gasteiger partial charge in [-0.05, 0) is 24.1 Å². The number of benzene rings is 1. The SMILES string of the molecule is CPc1ccc(C#N)c(F)c1. The van der Waals surface area contributed by atoms with Crippen LogP contribution in [-0.4, -0.2) is 6.66 Å². The van der Waals surface area contributed by atoms with Crippen LogP contribution in [0.2, 0.25) is 0 Å². The van der Waals surface area contributed by atoms with Gasteiger partial charge in [0.25, 0.3) is 0 Å². The Morgan fingerprint density at radius 2 is 2.27 bits per heavy atom. The molecule has 0 saturated carbocycles. The first-order valence-corrected chi connectivity index (χ1v) is 4.65. The zero-order valence-corrected chi connectivity index (χ0v) is 7.06. The van der Waals surface area contributed by atoms with Crippen LogP contribution in [-0.2, 0) is 0 Å². The van der Waals surface area contributed by atoms with Crippen molar-refractivity contribution in [3.8, 4) is 6.07 Å². The van der Waals surface area contributed by atoms with Gasteiger partial charge < -0.3 is 0 Å². The minimum Gasteiger partial charge on any atom is -0.206 e. The fraction of sp³-hybridized carbons (Fsp3) is 0.125. The van der Waals surface area contributed by atoms with E-state index in [1.165, 1.54) is 12.1 Å². The van der Waals surface area contributed by atoms with E-state index < -0.39 is 5.82 Å². The maximum absolute atomic E-state index is 12.8. The summed E-state index contributed by atoms with van der Waals surface area (Å²) in [6, 6.07) is 6.48. The predicted molar refractivity (Wildman–Crippen MR) is 45.0 cm³/mol. The van der Waals surface area contributed by atoms with E-state index in [-0.39, 0.29) is 5.56 Å². The molecule has 0 heterocycles. The molecule has 1 rings (SSSR count). The number of nitrogens with zero attached hydrogens (tertiary/aromatic N) is 1. The first-order valence-electron chi connectivity index (χ1n) is 3.15. The Morgan fingerprint density at radius 1 is 1.55 bits per heavy atom. The second kappa shape index (κ2) is 3.46. The van der Waals surface area contributed by atoms with Crippen LogP contribution in [0.5, 0.6) is 0 Å². The highest BCUT2D eigenvalue weighted by Gasteiger charge is 1.99. The summed E-state index contributed by atoms with van der Waals surface area (Å²) in [5, 5.41) is 9.34. The van der Waals surface area contributed by atoms with E-state index in [1.807, 2.05) is 6.66 Å². The molecule has 1 aromatic carbocycles. The van der Waals surface area contributed by atoms with Crippen molar-refractivity contribution in [2.24, 2.45) is 0 Å². The Kier molecular flexibility index (Phi) is 2.57. The fourth-order valence-electron chi connectivity index (χ4n) is 0.761. The van der Waals surface area contributed by atoms with E-state index in [0.29, 0.717) is 8.58 Å². The van der Waals surface area contributed by atoms with Crippen LogP contribution in [0.3, 0.4) is 0 Å². The lowest BCUT2D eigenvalue weighted by atomic mass is 10.2. The average Bonchev–Trinajstić information content (AvgIpc) is 2.04. The van der Waals surface area contributed by atoms with Gasteiger partial charge in [-0.15, -0.1) is 0 Å². The highest BCUT2D eigenvalue weighted by atomic mass is 31.1.